The van der Waals surface area contributed by atoms with E-state index in [0.29, 0.717) is 19.5 Å². The molecule has 6 nitrogen and oxygen atoms in total. The molecular weight excluding hydrogens is 312 g/mol. The summed E-state index contributed by atoms with van der Waals surface area (Å²) in [5, 5.41) is 5.95. The fourth-order valence-corrected chi connectivity index (χ4v) is 3.37. The molecule has 0 radical (unpaired) electrons. The smallest absolute Gasteiger partial charge is 0.249 e. The van der Waals surface area contributed by atoms with Crippen LogP contribution in [0.1, 0.15) is 17.8 Å². The van der Waals surface area contributed by atoms with E-state index in [4.69, 9.17) is 10.5 Å². The van der Waals surface area contributed by atoms with Gasteiger partial charge in [-0.25, -0.2) is 4.98 Å². The van der Waals surface area contributed by atoms with Gasteiger partial charge in [0.05, 0.1) is 16.8 Å². The van der Waals surface area contributed by atoms with Gasteiger partial charge in [0.15, 0.2) is 0 Å². The summed E-state index contributed by atoms with van der Waals surface area (Å²) in [6.07, 6.45) is 5.50. The second-order valence-electron chi connectivity index (χ2n) is 5.46. The van der Waals surface area contributed by atoms with Crippen LogP contribution in [-0.2, 0) is 16.0 Å². The van der Waals surface area contributed by atoms with Gasteiger partial charge in [-0.3, -0.25) is 9.78 Å². The second-order valence-corrected chi connectivity index (χ2v) is 6.41. The highest BCUT2D eigenvalue weighted by atomic mass is 32.1. The summed E-state index contributed by atoms with van der Waals surface area (Å²) < 4.78 is 5.58. The molecule has 1 fully saturated rings. The number of nitrogens with two attached hydrogens (primary N) is 1. The highest BCUT2D eigenvalue weighted by Gasteiger charge is 2.29. The van der Waals surface area contributed by atoms with Crippen LogP contribution < -0.4 is 11.1 Å². The van der Waals surface area contributed by atoms with E-state index >= 15 is 0 Å². The largest absolute Gasteiger partial charge is 0.364 e. The summed E-state index contributed by atoms with van der Waals surface area (Å²) in [7, 11) is 0. The third-order valence-corrected chi connectivity index (χ3v) is 4.74. The zero-order valence-corrected chi connectivity index (χ0v) is 13.6. The number of hydrogen-bond acceptors (Lipinski definition) is 6. The summed E-state index contributed by atoms with van der Waals surface area (Å²) in [4.78, 5) is 20.6. The molecule has 1 aliphatic rings. The van der Waals surface area contributed by atoms with E-state index in [1.165, 1.54) is 0 Å². The molecule has 3 rings (SSSR count). The minimum absolute atomic E-state index is 0.0210. The van der Waals surface area contributed by atoms with E-state index in [1.54, 1.807) is 23.7 Å². The summed E-state index contributed by atoms with van der Waals surface area (Å²) in [6.45, 7) is 1.04. The maximum Gasteiger partial charge on any atom is 0.249 e. The Morgan fingerprint density at radius 1 is 1.39 bits per heavy atom. The number of nitrogens with zero attached hydrogens (tertiary/aromatic N) is 2. The number of pyridine rings is 1. The van der Waals surface area contributed by atoms with Crippen molar-refractivity contribution in [3.05, 3.63) is 34.9 Å². The predicted molar refractivity (Wildman–Crippen MR) is 89.0 cm³/mol. The standard InChI is InChI=1S/C16H20N4O2S/c17-9-12-1-2-14(22-12)16(21)19-8-5-15-20-13(10-23-15)11-3-6-18-7-4-11/h3-4,6-7,10,12,14H,1-2,5,8-9,17H2,(H,19,21)/t12-,14+/m1/s1. The Kier molecular flexibility index (Phi) is 5.32. The molecule has 23 heavy (non-hydrogen) atoms. The SMILES string of the molecule is NC[C@H]1CC[C@@H](C(=O)NCCc2nc(-c3ccncc3)cs2)O1. The molecule has 1 amide bonds. The fraction of sp³-hybridized carbons (Fsp3) is 0.438. The average Bonchev–Trinajstić information content (AvgIpc) is 3.25. The van der Waals surface area contributed by atoms with Crippen LogP contribution in [0.25, 0.3) is 11.3 Å². The lowest BCUT2D eigenvalue weighted by Crippen LogP contribution is -2.36. The molecule has 0 unspecified atom stereocenters. The average molecular weight is 332 g/mol. The summed E-state index contributed by atoms with van der Waals surface area (Å²) >= 11 is 1.60. The van der Waals surface area contributed by atoms with Crippen LogP contribution in [0.5, 0.6) is 0 Å². The number of hydrogen-bond donors (Lipinski definition) is 2. The summed E-state index contributed by atoms with van der Waals surface area (Å²) in [6, 6.07) is 3.87. The monoisotopic (exact) mass is 332 g/mol. The maximum atomic E-state index is 12.0. The first-order valence-corrected chi connectivity index (χ1v) is 8.62. The minimum atomic E-state index is -0.354. The third kappa shape index (κ3) is 4.13. The molecule has 0 aliphatic carbocycles. The van der Waals surface area contributed by atoms with Crippen LogP contribution in [0.15, 0.2) is 29.9 Å². The molecule has 2 atom stereocenters. The number of carbonyl (C=O) groups excluding carboxylic acids is 1. The van der Waals surface area contributed by atoms with Gasteiger partial charge in [-0.05, 0) is 25.0 Å². The highest BCUT2D eigenvalue weighted by molar-refractivity contribution is 7.09. The van der Waals surface area contributed by atoms with E-state index < -0.39 is 0 Å². The van der Waals surface area contributed by atoms with Gasteiger partial charge in [-0.2, -0.15) is 0 Å². The molecule has 2 aromatic rings. The van der Waals surface area contributed by atoms with Crippen LogP contribution in [0.3, 0.4) is 0 Å². The van der Waals surface area contributed by atoms with Crippen molar-refractivity contribution in [3.8, 4) is 11.3 Å². The molecule has 122 valence electrons. The lowest BCUT2D eigenvalue weighted by molar-refractivity contribution is -0.131. The number of thiazole rings is 1. The molecule has 7 heteroatoms. The first kappa shape index (κ1) is 16.0. The predicted octanol–water partition coefficient (Wildman–Crippen LogP) is 1.37. The lowest BCUT2D eigenvalue weighted by Gasteiger charge is -2.12. The Morgan fingerprint density at radius 3 is 2.96 bits per heavy atom. The van der Waals surface area contributed by atoms with Crippen molar-refractivity contribution in [2.24, 2.45) is 5.73 Å². The van der Waals surface area contributed by atoms with E-state index in [-0.39, 0.29) is 18.1 Å². The molecular formula is C16H20N4O2S. The Bertz CT molecular complexity index is 647. The van der Waals surface area contributed by atoms with Crippen LogP contribution in [0.2, 0.25) is 0 Å². The van der Waals surface area contributed by atoms with E-state index in [1.807, 2.05) is 17.5 Å². The number of amides is 1. The van der Waals surface area contributed by atoms with Crippen LogP contribution in [0, 0.1) is 0 Å². The normalized spacial score (nSPS) is 20.6. The molecule has 0 spiro atoms. The van der Waals surface area contributed by atoms with Crippen LogP contribution in [-0.4, -0.2) is 41.2 Å². The number of aromatic nitrogens is 2. The topological polar surface area (TPSA) is 90.1 Å². The first-order chi connectivity index (χ1) is 11.3. The summed E-state index contributed by atoms with van der Waals surface area (Å²) in [5.41, 5.74) is 7.56. The van der Waals surface area contributed by atoms with Gasteiger partial charge in [-0.15, -0.1) is 11.3 Å². The molecule has 1 saturated heterocycles. The van der Waals surface area contributed by atoms with Gasteiger partial charge in [0, 0.05) is 42.8 Å². The first-order valence-electron chi connectivity index (χ1n) is 7.74. The Hall–Kier alpha value is -1.83. The van der Waals surface area contributed by atoms with Crippen LogP contribution in [0.4, 0.5) is 0 Å². The van der Waals surface area contributed by atoms with E-state index in [0.717, 1.165) is 29.1 Å². The quantitative estimate of drug-likeness (QED) is 0.834. The molecule has 0 bridgehead atoms. The van der Waals surface area contributed by atoms with Crippen molar-refractivity contribution in [1.82, 2.24) is 15.3 Å². The Labute approximate surface area is 139 Å². The highest BCUT2D eigenvalue weighted by Crippen LogP contribution is 2.21. The fourth-order valence-electron chi connectivity index (χ4n) is 2.56. The zero-order chi connectivity index (χ0) is 16.1. The molecule has 0 saturated carbocycles. The number of rotatable bonds is 6. The Morgan fingerprint density at radius 2 is 2.22 bits per heavy atom. The van der Waals surface area contributed by atoms with Gasteiger partial charge in [0.1, 0.15) is 6.10 Å². The maximum absolute atomic E-state index is 12.0. The van der Waals surface area contributed by atoms with Crippen molar-refractivity contribution < 1.29 is 9.53 Å². The number of carbonyl (C=O) groups is 1. The van der Waals surface area contributed by atoms with Gasteiger partial charge >= 0.3 is 0 Å². The van der Waals surface area contributed by atoms with Gasteiger partial charge in [0.25, 0.3) is 0 Å². The van der Waals surface area contributed by atoms with Gasteiger partial charge < -0.3 is 15.8 Å². The van der Waals surface area contributed by atoms with Crippen molar-refractivity contribution in [2.75, 3.05) is 13.1 Å². The van der Waals surface area contributed by atoms with E-state index in [2.05, 4.69) is 15.3 Å². The van der Waals surface area contributed by atoms with E-state index in [9.17, 15) is 4.79 Å². The van der Waals surface area contributed by atoms with Crippen molar-refractivity contribution >= 4 is 17.2 Å². The summed E-state index contributed by atoms with van der Waals surface area (Å²) in [5.74, 6) is -0.0492. The van der Waals surface area contributed by atoms with Crippen LogP contribution >= 0.6 is 11.3 Å². The van der Waals surface area contributed by atoms with Crippen molar-refractivity contribution in [2.45, 2.75) is 31.5 Å². The molecule has 3 N–H and O–H groups in total. The Balaban J connectivity index is 1.46. The zero-order valence-electron chi connectivity index (χ0n) is 12.8. The lowest BCUT2D eigenvalue weighted by atomic mass is 10.2. The number of nitrogens with one attached hydrogen (secondary N) is 1. The molecule has 2 aromatic heterocycles. The third-order valence-electron chi connectivity index (χ3n) is 3.83. The molecule has 1 aliphatic heterocycles. The number of ether oxygens (including phenoxy) is 1. The van der Waals surface area contributed by atoms with Gasteiger partial charge in [-0.1, -0.05) is 0 Å². The van der Waals surface area contributed by atoms with Crippen molar-refractivity contribution in [1.29, 1.82) is 0 Å². The van der Waals surface area contributed by atoms with Gasteiger partial charge in [0.2, 0.25) is 5.91 Å². The molecule has 3 heterocycles. The minimum Gasteiger partial charge on any atom is -0.364 e. The second kappa shape index (κ2) is 7.63. The molecule has 0 aromatic carbocycles. The van der Waals surface area contributed by atoms with Crippen molar-refractivity contribution in [3.63, 3.8) is 0 Å².